The van der Waals surface area contributed by atoms with Gasteiger partial charge in [-0.1, -0.05) is 12.1 Å². The highest BCUT2D eigenvalue weighted by Gasteiger charge is 2.15. The molecule has 0 N–H and O–H groups in total. The van der Waals surface area contributed by atoms with Crippen molar-refractivity contribution in [3.8, 4) is 0 Å². The van der Waals surface area contributed by atoms with Crippen LogP contribution in [0.4, 0.5) is 0 Å². The number of rotatable bonds is 5. The van der Waals surface area contributed by atoms with Crippen molar-refractivity contribution in [2.75, 3.05) is 13.6 Å². The van der Waals surface area contributed by atoms with Gasteiger partial charge in [0.2, 0.25) is 0 Å². The van der Waals surface area contributed by atoms with Crippen molar-refractivity contribution in [1.82, 2.24) is 14.9 Å². The lowest BCUT2D eigenvalue weighted by molar-refractivity contribution is 0.264. The van der Waals surface area contributed by atoms with E-state index in [9.17, 15) is 0 Å². The Morgan fingerprint density at radius 2 is 1.90 bits per heavy atom. The fraction of sp³-hybridized carbons (Fsp3) is 0.294. The summed E-state index contributed by atoms with van der Waals surface area (Å²) in [5.74, 6) is 0. The first kappa shape index (κ1) is 14.2. The molecule has 0 aliphatic carbocycles. The van der Waals surface area contributed by atoms with E-state index < -0.39 is 0 Å². The van der Waals surface area contributed by atoms with Crippen molar-refractivity contribution in [2.24, 2.45) is 0 Å². The standard InChI is InChI=1S/C17H19N3S/c1-13(17-19-15-5-3-4-6-16(15)21-17)20(2)12-9-14-7-10-18-11-8-14/h3-8,10-11,13H,9,12H2,1-2H3. The molecule has 0 saturated carbocycles. The third kappa shape index (κ3) is 3.28. The molecule has 0 bridgehead atoms. The lowest BCUT2D eigenvalue weighted by Gasteiger charge is -2.22. The van der Waals surface area contributed by atoms with Crippen molar-refractivity contribution >= 4 is 21.6 Å². The van der Waals surface area contributed by atoms with Crippen LogP contribution >= 0.6 is 11.3 Å². The molecule has 21 heavy (non-hydrogen) atoms. The van der Waals surface area contributed by atoms with E-state index in [1.807, 2.05) is 18.5 Å². The summed E-state index contributed by atoms with van der Waals surface area (Å²) in [6.07, 6.45) is 4.74. The summed E-state index contributed by atoms with van der Waals surface area (Å²) < 4.78 is 1.27. The molecule has 0 amide bonds. The Kier molecular flexibility index (Phi) is 4.27. The van der Waals surface area contributed by atoms with Gasteiger partial charge in [-0.15, -0.1) is 11.3 Å². The van der Waals surface area contributed by atoms with E-state index in [1.165, 1.54) is 15.3 Å². The van der Waals surface area contributed by atoms with Crippen molar-refractivity contribution in [1.29, 1.82) is 0 Å². The highest BCUT2D eigenvalue weighted by molar-refractivity contribution is 7.18. The summed E-state index contributed by atoms with van der Waals surface area (Å²) in [6, 6.07) is 12.8. The van der Waals surface area contributed by atoms with Gasteiger partial charge >= 0.3 is 0 Å². The van der Waals surface area contributed by atoms with Crippen LogP contribution in [0.15, 0.2) is 48.8 Å². The fourth-order valence-corrected chi connectivity index (χ4v) is 3.39. The van der Waals surface area contributed by atoms with Crippen LogP contribution in [0.1, 0.15) is 23.5 Å². The number of fused-ring (bicyclic) bond motifs is 1. The maximum Gasteiger partial charge on any atom is 0.111 e. The molecule has 3 nitrogen and oxygen atoms in total. The first-order chi connectivity index (χ1) is 10.2. The van der Waals surface area contributed by atoms with E-state index in [1.54, 1.807) is 11.3 Å². The zero-order valence-corrected chi connectivity index (χ0v) is 13.2. The minimum Gasteiger partial charge on any atom is -0.297 e. The van der Waals surface area contributed by atoms with E-state index in [0.29, 0.717) is 6.04 Å². The second-order valence-electron chi connectivity index (χ2n) is 5.28. The largest absolute Gasteiger partial charge is 0.297 e. The molecular formula is C17H19N3S. The van der Waals surface area contributed by atoms with E-state index >= 15 is 0 Å². The van der Waals surface area contributed by atoms with Gasteiger partial charge in [0.15, 0.2) is 0 Å². The topological polar surface area (TPSA) is 29.0 Å². The lowest BCUT2D eigenvalue weighted by Crippen LogP contribution is -2.24. The number of nitrogens with zero attached hydrogens (tertiary/aromatic N) is 3. The molecule has 1 unspecified atom stereocenters. The van der Waals surface area contributed by atoms with Crippen LogP contribution < -0.4 is 0 Å². The number of hydrogen-bond acceptors (Lipinski definition) is 4. The highest BCUT2D eigenvalue weighted by Crippen LogP contribution is 2.28. The number of likely N-dealkylation sites (N-methyl/N-ethyl adjacent to an activating group) is 1. The molecule has 0 saturated heterocycles. The maximum atomic E-state index is 4.76. The predicted octanol–water partition coefficient (Wildman–Crippen LogP) is 3.93. The quantitative estimate of drug-likeness (QED) is 0.714. The Bertz CT molecular complexity index is 675. The lowest BCUT2D eigenvalue weighted by atomic mass is 10.2. The van der Waals surface area contributed by atoms with Gasteiger partial charge in [0.25, 0.3) is 0 Å². The van der Waals surface area contributed by atoms with E-state index in [4.69, 9.17) is 4.98 Å². The average molecular weight is 297 g/mol. The summed E-state index contributed by atoms with van der Waals surface area (Å²) in [5.41, 5.74) is 2.43. The number of aromatic nitrogens is 2. The van der Waals surface area contributed by atoms with Crippen molar-refractivity contribution in [3.63, 3.8) is 0 Å². The van der Waals surface area contributed by atoms with Gasteiger partial charge in [-0.25, -0.2) is 4.98 Å². The van der Waals surface area contributed by atoms with Gasteiger partial charge in [-0.3, -0.25) is 9.88 Å². The number of pyridine rings is 1. The molecule has 0 radical (unpaired) electrons. The minimum absolute atomic E-state index is 0.337. The third-order valence-electron chi connectivity index (χ3n) is 3.83. The van der Waals surface area contributed by atoms with Gasteiger partial charge in [-0.05, 0) is 50.2 Å². The average Bonchev–Trinajstić information content (AvgIpc) is 2.97. The predicted molar refractivity (Wildman–Crippen MR) is 88.6 cm³/mol. The zero-order chi connectivity index (χ0) is 14.7. The number of para-hydroxylation sites is 1. The first-order valence-corrected chi connectivity index (χ1v) is 8.00. The second-order valence-corrected chi connectivity index (χ2v) is 6.34. The fourth-order valence-electron chi connectivity index (χ4n) is 2.31. The van der Waals surface area contributed by atoms with Crippen LogP contribution in [0.3, 0.4) is 0 Å². The summed E-state index contributed by atoms with van der Waals surface area (Å²) in [5, 5.41) is 1.19. The summed E-state index contributed by atoms with van der Waals surface area (Å²) in [6.45, 7) is 3.24. The summed E-state index contributed by atoms with van der Waals surface area (Å²) >= 11 is 1.79. The summed E-state index contributed by atoms with van der Waals surface area (Å²) in [7, 11) is 2.16. The normalized spacial score (nSPS) is 12.9. The smallest absolute Gasteiger partial charge is 0.111 e. The molecular weight excluding hydrogens is 278 g/mol. The molecule has 0 aliphatic rings. The second kappa shape index (κ2) is 6.33. The van der Waals surface area contributed by atoms with Gasteiger partial charge in [0.05, 0.1) is 16.3 Å². The summed E-state index contributed by atoms with van der Waals surface area (Å²) in [4.78, 5) is 11.2. The zero-order valence-electron chi connectivity index (χ0n) is 12.4. The van der Waals surface area contributed by atoms with E-state index in [0.717, 1.165) is 18.5 Å². The SMILES string of the molecule is CC(c1nc2ccccc2s1)N(C)CCc1ccncc1. The van der Waals surface area contributed by atoms with Gasteiger partial charge < -0.3 is 0 Å². The molecule has 0 fully saturated rings. The van der Waals surface area contributed by atoms with Crippen LogP contribution in [0.2, 0.25) is 0 Å². The van der Waals surface area contributed by atoms with E-state index in [-0.39, 0.29) is 0 Å². The van der Waals surface area contributed by atoms with Crippen LogP contribution in [0.25, 0.3) is 10.2 Å². The molecule has 108 valence electrons. The van der Waals surface area contributed by atoms with Crippen molar-refractivity contribution in [3.05, 3.63) is 59.4 Å². The van der Waals surface area contributed by atoms with Crippen molar-refractivity contribution < 1.29 is 0 Å². The monoisotopic (exact) mass is 297 g/mol. The molecule has 2 heterocycles. The molecule has 0 aliphatic heterocycles. The highest BCUT2D eigenvalue weighted by atomic mass is 32.1. The first-order valence-electron chi connectivity index (χ1n) is 7.18. The molecule has 3 aromatic rings. The maximum absolute atomic E-state index is 4.76. The van der Waals surface area contributed by atoms with Crippen molar-refractivity contribution in [2.45, 2.75) is 19.4 Å². The minimum atomic E-state index is 0.337. The van der Waals surface area contributed by atoms with Crippen LogP contribution in [-0.4, -0.2) is 28.5 Å². The molecule has 3 rings (SSSR count). The van der Waals surface area contributed by atoms with Crippen LogP contribution in [-0.2, 0) is 6.42 Å². The Morgan fingerprint density at radius 3 is 2.67 bits per heavy atom. The Labute approximate surface area is 129 Å². The van der Waals surface area contributed by atoms with Gasteiger partial charge in [0.1, 0.15) is 5.01 Å². The third-order valence-corrected chi connectivity index (χ3v) is 5.04. The Morgan fingerprint density at radius 1 is 1.14 bits per heavy atom. The Hall–Kier alpha value is -1.78. The molecule has 0 spiro atoms. The number of thiazole rings is 1. The molecule has 1 atom stereocenters. The van der Waals surface area contributed by atoms with Gasteiger partial charge in [-0.2, -0.15) is 0 Å². The van der Waals surface area contributed by atoms with E-state index in [2.05, 4.69) is 54.2 Å². The number of benzene rings is 1. The van der Waals surface area contributed by atoms with Crippen LogP contribution in [0.5, 0.6) is 0 Å². The molecule has 4 heteroatoms. The number of hydrogen-bond donors (Lipinski definition) is 0. The Balaban J connectivity index is 1.67. The molecule has 2 aromatic heterocycles. The van der Waals surface area contributed by atoms with Crippen LogP contribution in [0, 0.1) is 0 Å². The molecule has 1 aromatic carbocycles. The van der Waals surface area contributed by atoms with Gasteiger partial charge in [0, 0.05) is 18.9 Å².